The molecule has 4 rings (SSSR count). The SMILES string of the molecule is COc1cc(/C=C2\SC(=Nc3cc(C)cc(C)c3)NC2=O)cc(Br)c1OCc1ccccc1Cl. The van der Waals surface area contributed by atoms with Crippen LogP contribution in [0.5, 0.6) is 11.5 Å². The fourth-order valence-electron chi connectivity index (χ4n) is 3.49. The third-order valence-electron chi connectivity index (χ3n) is 4.97. The van der Waals surface area contributed by atoms with Crippen LogP contribution in [-0.4, -0.2) is 18.2 Å². The van der Waals surface area contributed by atoms with Crippen LogP contribution < -0.4 is 14.8 Å². The summed E-state index contributed by atoms with van der Waals surface area (Å²) in [5.74, 6) is 0.910. The molecule has 0 aliphatic carbocycles. The minimum atomic E-state index is -0.192. The molecule has 1 amide bonds. The van der Waals surface area contributed by atoms with Crippen molar-refractivity contribution in [1.29, 1.82) is 0 Å². The van der Waals surface area contributed by atoms with Crippen LogP contribution in [0.15, 0.2) is 69.0 Å². The van der Waals surface area contributed by atoms with Gasteiger partial charge < -0.3 is 14.8 Å². The summed E-state index contributed by atoms with van der Waals surface area (Å²) in [6.45, 7) is 4.34. The van der Waals surface area contributed by atoms with Crippen LogP contribution in [0.4, 0.5) is 5.69 Å². The first-order valence-electron chi connectivity index (χ1n) is 10.4. The van der Waals surface area contributed by atoms with Crippen molar-refractivity contribution < 1.29 is 14.3 Å². The largest absolute Gasteiger partial charge is 0.493 e. The Morgan fingerprint density at radius 1 is 1.12 bits per heavy atom. The maximum atomic E-state index is 12.5. The van der Waals surface area contributed by atoms with E-state index in [-0.39, 0.29) is 5.91 Å². The smallest absolute Gasteiger partial charge is 0.264 e. The minimum absolute atomic E-state index is 0.192. The lowest BCUT2D eigenvalue weighted by Crippen LogP contribution is -2.19. The number of aryl methyl sites for hydroxylation is 2. The van der Waals surface area contributed by atoms with Crippen LogP contribution in [0, 0.1) is 13.8 Å². The summed E-state index contributed by atoms with van der Waals surface area (Å²) in [5.41, 5.74) is 4.72. The molecule has 1 saturated heterocycles. The average Bonchev–Trinajstić information content (AvgIpc) is 3.11. The van der Waals surface area contributed by atoms with Crippen LogP contribution in [0.3, 0.4) is 0 Å². The quantitative estimate of drug-likeness (QED) is 0.326. The van der Waals surface area contributed by atoms with E-state index in [1.165, 1.54) is 11.8 Å². The van der Waals surface area contributed by atoms with E-state index in [1.54, 1.807) is 13.2 Å². The van der Waals surface area contributed by atoms with Crippen LogP contribution in [0.1, 0.15) is 22.3 Å². The predicted molar refractivity (Wildman–Crippen MR) is 143 cm³/mol. The van der Waals surface area contributed by atoms with Gasteiger partial charge in [0.1, 0.15) is 6.61 Å². The zero-order valence-electron chi connectivity index (χ0n) is 18.8. The molecular formula is C26H22BrClN2O3S. The monoisotopic (exact) mass is 556 g/mol. The molecule has 8 heteroatoms. The van der Waals surface area contributed by atoms with Gasteiger partial charge in [-0.1, -0.05) is 35.9 Å². The van der Waals surface area contributed by atoms with E-state index in [1.807, 2.05) is 62.4 Å². The van der Waals surface area contributed by atoms with E-state index in [0.29, 0.717) is 37.7 Å². The van der Waals surface area contributed by atoms with Gasteiger partial charge in [-0.2, -0.15) is 0 Å². The molecule has 34 heavy (non-hydrogen) atoms. The minimum Gasteiger partial charge on any atom is -0.493 e. The molecule has 1 aliphatic rings. The summed E-state index contributed by atoms with van der Waals surface area (Å²) >= 11 is 11.1. The summed E-state index contributed by atoms with van der Waals surface area (Å²) < 4.78 is 12.3. The highest BCUT2D eigenvalue weighted by Gasteiger charge is 2.24. The van der Waals surface area contributed by atoms with Gasteiger partial charge in [0.25, 0.3) is 5.91 Å². The van der Waals surface area contributed by atoms with E-state index < -0.39 is 0 Å². The number of halogens is 2. The summed E-state index contributed by atoms with van der Waals surface area (Å²) in [5, 5.41) is 4.02. The van der Waals surface area contributed by atoms with Gasteiger partial charge in [0, 0.05) is 10.6 Å². The molecular weight excluding hydrogens is 536 g/mol. The Morgan fingerprint density at radius 2 is 1.85 bits per heavy atom. The predicted octanol–water partition coefficient (Wildman–Crippen LogP) is 7.20. The first-order valence-corrected chi connectivity index (χ1v) is 12.4. The molecule has 3 aromatic rings. The first kappa shape index (κ1) is 24.4. The molecule has 1 N–H and O–H groups in total. The Labute approximate surface area is 216 Å². The number of amides is 1. The fraction of sp³-hybridized carbons (Fsp3) is 0.154. The fourth-order valence-corrected chi connectivity index (χ4v) is 5.10. The van der Waals surface area contributed by atoms with E-state index in [0.717, 1.165) is 27.9 Å². The van der Waals surface area contributed by atoms with Crippen molar-refractivity contribution in [3.05, 3.63) is 91.3 Å². The summed E-state index contributed by atoms with van der Waals surface area (Å²) in [6.07, 6.45) is 1.80. The molecule has 0 aromatic heterocycles. The number of carbonyl (C=O) groups is 1. The summed E-state index contributed by atoms with van der Waals surface area (Å²) in [6, 6.07) is 17.3. The normalized spacial score (nSPS) is 15.6. The lowest BCUT2D eigenvalue weighted by molar-refractivity contribution is -0.115. The molecule has 3 aromatic carbocycles. The second-order valence-corrected chi connectivity index (χ2v) is 10.0. The third kappa shape index (κ3) is 5.84. The molecule has 0 unspecified atom stereocenters. The number of amidine groups is 1. The number of nitrogens with zero attached hydrogens (tertiary/aromatic N) is 1. The van der Waals surface area contributed by atoms with Crippen molar-refractivity contribution in [2.45, 2.75) is 20.5 Å². The number of carbonyl (C=O) groups excluding carboxylic acids is 1. The Hall–Kier alpha value is -2.74. The number of rotatable bonds is 6. The third-order valence-corrected chi connectivity index (χ3v) is 6.83. The molecule has 0 atom stereocenters. The van der Waals surface area contributed by atoms with Gasteiger partial charge in [-0.25, -0.2) is 4.99 Å². The van der Waals surface area contributed by atoms with Crippen LogP contribution in [-0.2, 0) is 11.4 Å². The zero-order valence-corrected chi connectivity index (χ0v) is 22.0. The van der Waals surface area contributed by atoms with Crippen LogP contribution >= 0.6 is 39.3 Å². The number of hydrogen-bond acceptors (Lipinski definition) is 5. The molecule has 1 fully saturated rings. The summed E-state index contributed by atoms with van der Waals surface area (Å²) in [4.78, 5) is 17.7. The average molecular weight is 558 g/mol. The number of benzene rings is 3. The highest BCUT2D eigenvalue weighted by Crippen LogP contribution is 2.39. The summed E-state index contributed by atoms with van der Waals surface area (Å²) in [7, 11) is 1.58. The topological polar surface area (TPSA) is 59.9 Å². The van der Waals surface area contributed by atoms with Crippen molar-refractivity contribution in [3.63, 3.8) is 0 Å². The van der Waals surface area contributed by atoms with Gasteiger partial charge >= 0.3 is 0 Å². The van der Waals surface area contributed by atoms with Crippen LogP contribution in [0.2, 0.25) is 5.02 Å². The van der Waals surface area contributed by atoms with E-state index >= 15 is 0 Å². The van der Waals surface area contributed by atoms with Crippen molar-refractivity contribution in [2.75, 3.05) is 7.11 Å². The standard InChI is InChI=1S/C26H22BrClN2O3S/c1-15-8-16(2)10-19(9-15)29-26-30-25(31)23(34-26)13-17-11-20(27)24(22(12-17)32-3)33-14-18-6-4-5-7-21(18)28/h4-13H,14H2,1-3H3,(H,29,30,31)/b23-13-. The maximum Gasteiger partial charge on any atom is 0.264 e. The van der Waals surface area contributed by atoms with Crippen molar-refractivity contribution in [3.8, 4) is 11.5 Å². The zero-order chi connectivity index (χ0) is 24.2. The Bertz CT molecular complexity index is 1300. The molecule has 0 bridgehead atoms. The maximum absolute atomic E-state index is 12.5. The van der Waals surface area contributed by atoms with E-state index in [2.05, 4.69) is 32.3 Å². The van der Waals surface area contributed by atoms with E-state index in [9.17, 15) is 4.79 Å². The number of methoxy groups -OCH3 is 1. The molecule has 0 spiro atoms. The Balaban J connectivity index is 1.55. The number of thioether (sulfide) groups is 1. The number of hydrogen-bond donors (Lipinski definition) is 1. The van der Waals surface area contributed by atoms with Gasteiger partial charge in [0.05, 0.1) is 22.2 Å². The van der Waals surface area contributed by atoms with Gasteiger partial charge in [-0.05, 0) is 94.6 Å². The Morgan fingerprint density at radius 3 is 2.56 bits per heavy atom. The molecule has 5 nitrogen and oxygen atoms in total. The molecule has 0 radical (unpaired) electrons. The molecule has 174 valence electrons. The molecule has 0 saturated carbocycles. The molecule has 1 heterocycles. The second-order valence-electron chi connectivity index (χ2n) is 7.74. The lowest BCUT2D eigenvalue weighted by atomic mass is 10.1. The van der Waals surface area contributed by atoms with Gasteiger partial charge in [0.2, 0.25) is 0 Å². The lowest BCUT2D eigenvalue weighted by Gasteiger charge is -2.14. The van der Waals surface area contributed by atoms with Gasteiger partial charge in [0.15, 0.2) is 16.7 Å². The van der Waals surface area contributed by atoms with Crippen LogP contribution in [0.25, 0.3) is 6.08 Å². The number of nitrogens with one attached hydrogen (secondary N) is 1. The van der Waals surface area contributed by atoms with Crippen molar-refractivity contribution >= 4 is 62.1 Å². The first-order chi connectivity index (χ1) is 16.3. The number of aliphatic imine (C=N–C) groups is 1. The number of ether oxygens (including phenoxy) is 2. The van der Waals surface area contributed by atoms with Crippen molar-refractivity contribution in [1.82, 2.24) is 5.32 Å². The highest BCUT2D eigenvalue weighted by molar-refractivity contribution is 9.10. The van der Waals surface area contributed by atoms with E-state index in [4.69, 9.17) is 21.1 Å². The van der Waals surface area contributed by atoms with Crippen molar-refractivity contribution in [2.24, 2.45) is 4.99 Å². The second kappa shape index (κ2) is 10.7. The Kier molecular flexibility index (Phi) is 7.66. The van der Waals surface area contributed by atoms with Gasteiger partial charge in [-0.3, -0.25) is 4.79 Å². The van der Waals surface area contributed by atoms with Gasteiger partial charge in [-0.15, -0.1) is 0 Å². The highest BCUT2D eigenvalue weighted by atomic mass is 79.9. The molecule has 1 aliphatic heterocycles.